The number of guanidine groups is 1. The minimum atomic E-state index is -0.140. The summed E-state index contributed by atoms with van der Waals surface area (Å²) in [5, 5.41) is 13.8. The average Bonchev–Trinajstić information content (AvgIpc) is 3.13. The first kappa shape index (κ1) is 24.2. The van der Waals surface area contributed by atoms with E-state index in [9.17, 15) is 4.79 Å². The summed E-state index contributed by atoms with van der Waals surface area (Å²) in [4.78, 5) is 16.5. The lowest BCUT2D eigenvalue weighted by atomic mass is 10.1. The molecule has 0 spiro atoms. The fourth-order valence-electron chi connectivity index (χ4n) is 2.23. The molecule has 0 atom stereocenters. The number of aliphatic imine (C=N–C) groups is 1. The van der Waals surface area contributed by atoms with Crippen LogP contribution >= 0.6 is 35.6 Å². The van der Waals surface area contributed by atoms with Crippen LogP contribution in [-0.4, -0.2) is 36.7 Å². The molecule has 0 saturated heterocycles. The lowest BCUT2D eigenvalue weighted by molar-refractivity contribution is 0.0954. The van der Waals surface area contributed by atoms with E-state index in [-0.39, 0.29) is 29.9 Å². The Morgan fingerprint density at radius 1 is 1.18 bits per heavy atom. The van der Waals surface area contributed by atoms with Crippen molar-refractivity contribution in [2.45, 2.75) is 33.2 Å². The molecule has 2 aromatic rings. The number of rotatable bonds is 8. The lowest BCUT2D eigenvalue weighted by Gasteiger charge is -2.11. The SMILES string of the molecule is CCNC(=NCc1cc(C(C)C)no1)NCCNC(=O)c1ccc(Cl)cc1.I. The first-order valence-corrected chi connectivity index (χ1v) is 9.38. The molecule has 0 aliphatic heterocycles. The van der Waals surface area contributed by atoms with Gasteiger partial charge in [-0.05, 0) is 37.1 Å². The zero-order chi connectivity index (χ0) is 19.6. The molecule has 3 N–H and O–H groups in total. The Morgan fingerprint density at radius 3 is 2.46 bits per heavy atom. The predicted octanol–water partition coefficient (Wildman–Crippen LogP) is 3.55. The summed E-state index contributed by atoms with van der Waals surface area (Å²) in [7, 11) is 0. The van der Waals surface area contributed by atoms with Gasteiger partial charge in [0.2, 0.25) is 0 Å². The van der Waals surface area contributed by atoms with Crippen molar-refractivity contribution in [3.8, 4) is 0 Å². The summed E-state index contributed by atoms with van der Waals surface area (Å²) in [6.07, 6.45) is 0. The van der Waals surface area contributed by atoms with Gasteiger partial charge < -0.3 is 20.5 Å². The summed E-state index contributed by atoms with van der Waals surface area (Å²) in [5.41, 5.74) is 1.49. The largest absolute Gasteiger partial charge is 0.359 e. The molecule has 9 heteroatoms. The standard InChI is InChI=1S/C19H26ClN5O2.HI/c1-4-21-19(24-12-16-11-17(13(2)3)25-27-16)23-10-9-22-18(26)14-5-7-15(20)8-6-14;/h5-8,11,13H,4,9-10,12H2,1-3H3,(H,22,26)(H2,21,23,24);1H. The second-order valence-corrected chi connectivity index (χ2v) is 6.69. The molecule has 1 aromatic carbocycles. The molecule has 0 aliphatic carbocycles. The highest BCUT2D eigenvalue weighted by atomic mass is 127. The zero-order valence-electron chi connectivity index (χ0n) is 16.3. The molecule has 0 radical (unpaired) electrons. The minimum Gasteiger partial charge on any atom is -0.359 e. The quantitative estimate of drug-likeness (QED) is 0.215. The molecule has 7 nitrogen and oxygen atoms in total. The van der Waals surface area contributed by atoms with E-state index in [0.29, 0.717) is 47.9 Å². The Balaban J connectivity index is 0.00000392. The monoisotopic (exact) mass is 519 g/mol. The van der Waals surface area contributed by atoms with Crippen molar-refractivity contribution in [2.75, 3.05) is 19.6 Å². The second-order valence-electron chi connectivity index (χ2n) is 6.26. The molecule has 154 valence electrons. The number of halogens is 2. The van der Waals surface area contributed by atoms with Crippen molar-refractivity contribution in [1.82, 2.24) is 21.1 Å². The second kappa shape index (κ2) is 12.6. The summed E-state index contributed by atoms with van der Waals surface area (Å²) in [5.74, 6) is 1.55. The maximum atomic E-state index is 12.0. The van der Waals surface area contributed by atoms with Gasteiger partial charge in [-0.1, -0.05) is 30.6 Å². The Hall–Kier alpha value is -1.81. The highest BCUT2D eigenvalue weighted by Gasteiger charge is 2.08. The third-order valence-electron chi connectivity index (χ3n) is 3.72. The third-order valence-corrected chi connectivity index (χ3v) is 3.97. The van der Waals surface area contributed by atoms with Crippen molar-refractivity contribution in [3.05, 3.63) is 52.4 Å². The number of aromatic nitrogens is 1. The van der Waals surface area contributed by atoms with Crippen molar-refractivity contribution >= 4 is 47.4 Å². The number of hydrogen-bond acceptors (Lipinski definition) is 4. The molecule has 0 bridgehead atoms. The van der Waals surface area contributed by atoms with E-state index in [2.05, 4.69) is 39.9 Å². The van der Waals surface area contributed by atoms with Crippen LogP contribution in [0.1, 0.15) is 48.5 Å². The fourth-order valence-corrected chi connectivity index (χ4v) is 2.36. The van der Waals surface area contributed by atoms with E-state index in [1.54, 1.807) is 24.3 Å². The van der Waals surface area contributed by atoms with Crippen LogP contribution in [0.4, 0.5) is 0 Å². The van der Waals surface area contributed by atoms with Crippen LogP contribution in [-0.2, 0) is 6.54 Å². The highest BCUT2D eigenvalue weighted by molar-refractivity contribution is 14.0. The van der Waals surface area contributed by atoms with Crippen LogP contribution in [0.3, 0.4) is 0 Å². The van der Waals surface area contributed by atoms with Gasteiger partial charge in [0.05, 0.1) is 5.69 Å². The number of carbonyl (C=O) groups is 1. The van der Waals surface area contributed by atoms with Crippen LogP contribution in [0.5, 0.6) is 0 Å². The van der Waals surface area contributed by atoms with Crippen molar-refractivity contribution < 1.29 is 9.32 Å². The van der Waals surface area contributed by atoms with Gasteiger partial charge in [-0.2, -0.15) is 0 Å². The van der Waals surface area contributed by atoms with Gasteiger partial charge in [0, 0.05) is 36.3 Å². The fraction of sp³-hybridized carbons (Fsp3) is 0.421. The van der Waals surface area contributed by atoms with E-state index in [1.165, 1.54) is 0 Å². The van der Waals surface area contributed by atoms with Gasteiger partial charge in [-0.3, -0.25) is 4.79 Å². The molecular weight excluding hydrogens is 493 g/mol. The highest BCUT2D eigenvalue weighted by Crippen LogP contribution is 2.14. The molecule has 1 aromatic heterocycles. The topological polar surface area (TPSA) is 91.6 Å². The number of nitrogens with one attached hydrogen (secondary N) is 3. The van der Waals surface area contributed by atoms with Crippen LogP contribution in [0, 0.1) is 0 Å². The molecule has 0 unspecified atom stereocenters. The molecule has 0 fully saturated rings. The van der Waals surface area contributed by atoms with Crippen LogP contribution < -0.4 is 16.0 Å². The van der Waals surface area contributed by atoms with Crippen LogP contribution in [0.25, 0.3) is 0 Å². The van der Waals surface area contributed by atoms with E-state index in [1.807, 2.05) is 13.0 Å². The number of amides is 1. The lowest BCUT2D eigenvalue weighted by Crippen LogP contribution is -2.41. The average molecular weight is 520 g/mol. The maximum Gasteiger partial charge on any atom is 0.251 e. The third kappa shape index (κ3) is 8.05. The molecular formula is C19H27ClIN5O2. The maximum absolute atomic E-state index is 12.0. The molecule has 0 aliphatic rings. The van der Waals surface area contributed by atoms with E-state index >= 15 is 0 Å². The Labute approximate surface area is 187 Å². The van der Waals surface area contributed by atoms with Crippen molar-refractivity contribution in [2.24, 2.45) is 4.99 Å². The smallest absolute Gasteiger partial charge is 0.251 e. The van der Waals surface area contributed by atoms with Crippen LogP contribution in [0.2, 0.25) is 5.02 Å². The molecule has 1 amide bonds. The zero-order valence-corrected chi connectivity index (χ0v) is 19.4. The van der Waals surface area contributed by atoms with Gasteiger partial charge in [-0.15, -0.1) is 24.0 Å². The van der Waals surface area contributed by atoms with E-state index in [4.69, 9.17) is 16.1 Å². The minimum absolute atomic E-state index is 0. The molecule has 0 saturated carbocycles. The molecule has 2 rings (SSSR count). The van der Waals surface area contributed by atoms with Crippen molar-refractivity contribution in [1.29, 1.82) is 0 Å². The first-order valence-electron chi connectivity index (χ1n) is 9.01. The Bertz CT molecular complexity index is 762. The number of benzene rings is 1. The normalized spacial score (nSPS) is 11.1. The Kier molecular flexibility index (Phi) is 10.9. The van der Waals surface area contributed by atoms with Gasteiger partial charge in [0.25, 0.3) is 5.91 Å². The Morgan fingerprint density at radius 2 is 1.86 bits per heavy atom. The van der Waals surface area contributed by atoms with Gasteiger partial charge >= 0.3 is 0 Å². The van der Waals surface area contributed by atoms with E-state index < -0.39 is 0 Å². The van der Waals surface area contributed by atoms with Crippen LogP contribution in [0.15, 0.2) is 39.8 Å². The van der Waals surface area contributed by atoms with Gasteiger partial charge in [0.1, 0.15) is 6.54 Å². The van der Waals surface area contributed by atoms with E-state index in [0.717, 1.165) is 12.2 Å². The number of carbonyl (C=O) groups excluding carboxylic acids is 1. The van der Waals surface area contributed by atoms with Crippen molar-refractivity contribution in [3.63, 3.8) is 0 Å². The molecule has 28 heavy (non-hydrogen) atoms. The van der Waals surface area contributed by atoms with Gasteiger partial charge in [0.15, 0.2) is 11.7 Å². The number of hydrogen-bond donors (Lipinski definition) is 3. The first-order chi connectivity index (χ1) is 13.0. The summed E-state index contributed by atoms with van der Waals surface area (Å²) < 4.78 is 5.29. The number of nitrogens with zero attached hydrogens (tertiary/aromatic N) is 2. The predicted molar refractivity (Wildman–Crippen MR) is 123 cm³/mol. The summed E-state index contributed by atoms with van der Waals surface area (Å²) >= 11 is 5.83. The molecule has 1 heterocycles. The summed E-state index contributed by atoms with van der Waals surface area (Å²) in [6, 6.07) is 8.70. The summed E-state index contributed by atoms with van der Waals surface area (Å²) in [6.45, 7) is 8.25. The van der Waals surface area contributed by atoms with Gasteiger partial charge in [-0.25, -0.2) is 4.99 Å².